The van der Waals surface area contributed by atoms with Crippen LogP contribution in [0.2, 0.25) is 0 Å². The Morgan fingerprint density at radius 1 is 0.875 bits per heavy atom. The van der Waals surface area contributed by atoms with Gasteiger partial charge in [0.05, 0.1) is 11.2 Å². The van der Waals surface area contributed by atoms with E-state index in [1.165, 1.54) is 24.3 Å². The van der Waals surface area contributed by atoms with Gasteiger partial charge in [0, 0.05) is 36.7 Å². The minimum absolute atomic E-state index is 0.0892. The number of aromatic nitrogens is 2. The molecule has 0 fully saturated rings. The molecule has 8 heteroatoms. The third-order valence-corrected chi connectivity index (χ3v) is 6.25. The van der Waals surface area contributed by atoms with Crippen molar-refractivity contribution in [2.45, 2.75) is 18.0 Å². The number of rotatable bonds is 8. The number of nitrogens with one attached hydrogen (secondary N) is 2. The predicted octanol–water partition coefficient (Wildman–Crippen LogP) is 3.66. The van der Waals surface area contributed by atoms with Gasteiger partial charge in [0.15, 0.2) is 0 Å². The maximum absolute atomic E-state index is 12.5. The van der Waals surface area contributed by atoms with E-state index >= 15 is 0 Å². The lowest BCUT2D eigenvalue weighted by Crippen LogP contribution is -2.23. The molecule has 1 heterocycles. The lowest BCUT2D eigenvalue weighted by Gasteiger charge is -2.09. The molecule has 3 aromatic carbocycles. The quantitative estimate of drug-likeness (QED) is 0.432. The van der Waals surface area contributed by atoms with E-state index in [2.05, 4.69) is 15.0 Å². The van der Waals surface area contributed by atoms with Gasteiger partial charge in [0.25, 0.3) is 15.9 Å². The molecule has 4 rings (SSSR count). The highest BCUT2D eigenvalue weighted by atomic mass is 32.2. The summed E-state index contributed by atoms with van der Waals surface area (Å²) in [6.07, 6.45) is 5.41. The number of carbonyl (C=O) groups is 1. The molecule has 2 N–H and O–H groups in total. The van der Waals surface area contributed by atoms with Crippen LogP contribution < -0.4 is 10.0 Å². The van der Waals surface area contributed by atoms with E-state index in [1.807, 2.05) is 35.0 Å². The van der Waals surface area contributed by atoms with Gasteiger partial charge in [0.2, 0.25) is 0 Å². The summed E-state index contributed by atoms with van der Waals surface area (Å²) < 4.78 is 29.5. The number of anilines is 1. The number of para-hydroxylation sites is 1. The molecule has 4 aromatic rings. The Hall–Kier alpha value is -3.91. The number of amides is 1. The van der Waals surface area contributed by atoms with Crippen LogP contribution in [0.5, 0.6) is 0 Å². The van der Waals surface area contributed by atoms with Gasteiger partial charge in [-0.05, 0) is 47.5 Å². The molecule has 0 atom stereocenters. The molecule has 0 saturated carbocycles. The average Bonchev–Trinajstić information content (AvgIpc) is 3.32. The van der Waals surface area contributed by atoms with Crippen LogP contribution >= 0.6 is 0 Å². The molecule has 32 heavy (non-hydrogen) atoms. The van der Waals surface area contributed by atoms with Gasteiger partial charge in [-0.2, -0.15) is 0 Å². The molecular weight excluding hydrogens is 424 g/mol. The molecule has 0 saturated heterocycles. The summed E-state index contributed by atoms with van der Waals surface area (Å²) in [5, 5.41) is 2.86. The number of hydrogen-bond acceptors (Lipinski definition) is 4. The second kappa shape index (κ2) is 9.49. The van der Waals surface area contributed by atoms with Crippen molar-refractivity contribution >= 4 is 21.6 Å². The van der Waals surface area contributed by atoms with Gasteiger partial charge in [-0.3, -0.25) is 9.52 Å². The van der Waals surface area contributed by atoms with Crippen molar-refractivity contribution in [3.05, 3.63) is 114 Å². The normalized spacial score (nSPS) is 11.1. The number of sulfonamides is 1. The summed E-state index contributed by atoms with van der Waals surface area (Å²) in [5.74, 6) is -0.271. The van der Waals surface area contributed by atoms with Crippen molar-refractivity contribution in [1.82, 2.24) is 14.9 Å². The van der Waals surface area contributed by atoms with Crippen molar-refractivity contribution in [2.75, 3.05) is 4.72 Å². The van der Waals surface area contributed by atoms with E-state index in [0.29, 0.717) is 17.8 Å². The van der Waals surface area contributed by atoms with E-state index in [-0.39, 0.29) is 10.8 Å². The highest BCUT2D eigenvalue weighted by Crippen LogP contribution is 2.16. The standard InChI is InChI=1S/C24H22N4O3S/c29-24(26-16-19-6-8-20(9-7-19)17-28-15-14-25-18-28)21-10-12-23(13-11-21)32(30,31)27-22-4-2-1-3-5-22/h1-15,18,27H,16-17H2,(H,26,29). The zero-order valence-corrected chi connectivity index (χ0v) is 18.0. The van der Waals surface area contributed by atoms with Crippen LogP contribution in [0.15, 0.2) is 102 Å². The smallest absolute Gasteiger partial charge is 0.261 e. The SMILES string of the molecule is O=C(NCc1ccc(Cn2ccnc2)cc1)c1ccc(S(=O)(=O)Nc2ccccc2)cc1. The fraction of sp³-hybridized carbons (Fsp3) is 0.0833. The number of nitrogens with zero attached hydrogens (tertiary/aromatic N) is 2. The largest absolute Gasteiger partial charge is 0.348 e. The molecule has 1 aromatic heterocycles. The molecule has 0 spiro atoms. The zero-order chi connectivity index (χ0) is 22.4. The van der Waals surface area contributed by atoms with Crippen LogP contribution in [0.25, 0.3) is 0 Å². The first-order valence-electron chi connectivity index (χ1n) is 9.99. The minimum atomic E-state index is -3.72. The van der Waals surface area contributed by atoms with Crippen molar-refractivity contribution in [3.8, 4) is 0 Å². The Kier molecular flexibility index (Phi) is 6.32. The topological polar surface area (TPSA) is 93.1 Å². The van der Waals surface area contributed by atoms with Gasteiger partial charge < -0.3 is 9.88 Å². The average molecular weight is 447 g/mol. The van der Waals surface area contributed by atoms with E-state index < -0.39 is 10.0 Å². The van der Waals surface area contributed by atoms with E-state index in [0.717, 1.165) is 17.7 Å². The third kappa shape index (κ3) is 5.41. The van der Waals surface area contributed by atoms with E-state index in [1.54, 1.807) is 42.9 Å². The summed E-state index contributed by atoms with van der Waals surface area (Å²) in [6.45, 7) is 1.11. The first-order chi connectivity index (χ1) is 15.5. The molecule has 0 aliphatic carbocycles. The van der Waals surface area contributed by atoms with Crippen LogP contribution in [0.1, 0.15) is 21.5 Å². The van der Waals surface area contributed by atoms with Crippen LogP contribution in [0, 0.1) is 0 Å². The monoisotopic (exact) mass is 446 g/mol. The highest BCUT2D eigenvalue weighted by molar-refractivity contribution is 7.92. The Labute approximate surface area is 186 Å². The van der Waals surface area contributed by atoms with E-state index in [4.69, 9.17) is 0 Å². The Bertz CT molecular complexity index is 1270. The second-order valence-electron chi connectivity index (χ2n) is 7.23. The maximum atomic E-state index is 12.5. The van der Waals surface area contributed by atoms with Crippen molar-refractivity contribution in [3.63, 3.8) is 0 Å². The van der Waals surface area contributed by atoms with Gasteiger partial charge in [-0.1, -0.05) is 42.5 Å². The molecule has 0 aliphatic heterocycles. The van der Waals surface area contributed by atoms with E-state index in [9.17, 15) is 13.2 Å². The molecule has 0 bridgehead atoms. The minimum Gasteiger partial charge on any atom is -0.348 e. The number of imidazole rings is 1. The summed E-state index contributed by atoms with van der Waals surface area (Å²) in [7, 11) is -3.72. The molecule has 0 radical (unpaired) electrons. The first-order valence-corrected chi connectivity index (χ1v) is 11.5. The molecular formula is C24H22N4O3S. The van der Waals surface area contributed by atoms with Crippen LogP contribution in [-0.4, -0.2) is 23.9 Å². The first kappa shape index (κ1) is 21.3. The van der Waals surface area contributed by atoms with Crippen molar-refractivity contribution < 1.29 is 13.2 Å². The number of benzene rings is 3. The summed E-state index contributed by atoms with van der Waals surface area (Å²) >= 11 is 0. The molecule has 162 valence electrons. The van der Waals surface area contributed by atoms with Gasteiger partial charge in [-0.15, -0.1) is 0 Å². The Balaban J connectivity index is 1.33. The molecule has 1 amide bonds. The highest BCUT2D eigenvalue weighted by Gasteiger charge is 2.15. The summed E-state index contributed by atoms with van der Waals surface area (Å²) in [5.41, 5.74) is 2.98. The van der Waals surface area contributed by atoms with Crippen LogP contribution in [0.3, 0.4) is 0 Å². The van der Waals surface area contributed by atoms with Crippen molar-refractivity contribution in [1.29, 1.82) is 0 Å². The maximum Gasteiger partial charge on any atom is 0.261 e. The fourth-order valence-electron chi connectivity index (χ4n) is 3.14. The summed E-state index contributed by atoms with van der Waals surface area (Å²) in [6, 6.07) is 22.5. The lowest BCUT2D eigenvalue weighted by molar-refractivity contribution is 0.0951. The second-order valence-corrected chi connectivity index (χ2v) is 8.91. The molecule has 0 aliphatic rings. The van der Waals surface area contributed by atoms with Crippen molar-refractivity contribution in [2.24, 2.45) is 0 Å². The fourth-order valence-corrected chi connectivity index (χ4v) is 4.20. The number of hydrogen-bond donors (Lipinski definition) is 2. The van der Waals surface area contributed by atoms with Gasteiger partial charge in [0.1, 0.15) is 0 Å². The van der Waals surface area contributed by atoms with Gasteiger partial charge >= 0.3 is 0 Å². The Morgan fingerprint density at radius 3 is 2.22 bits per heavy atom. The third-order valence-electron chi connectivity index (χ3n) is 4.85. The zero-order valence-electron chi connectivity index (χ0n) is 17.2. The predicted molar refractivity (Wildman–Crippen MR) is 123 cm³/mol. The molecule has 0 unspecified atom stereocenters. The Morgan fingerprint density at radius 2 is 1.56 bits per heavy atom. The lowest BCUT2D eigenvalue weighted by atomic mass is 10.1. The summed E-state index contributed by atoms with van der Waals surface area (Å²) in [4.78, 5) is 16.6. The molecule has 7 nitrogen and oxygen atoms in total. The van der Waals surface area contributed by atoms with Crippen LogP contribution in [-0.2, 0) is 23.1 Å². The van der Waals surface area contributed by atoms with Crippen LogP contribution in [0.4, 0.5) is 5.69 Å². The number of carbonyl (C=O) groups excluding carboxylic acids is 1. The van der Waals surface area contributed by atoms with Gasteiger partial charge in [-0.25, -0.2) is 13.4 Å².